The average Bonchev–Trinajstić information content (AvgIpc) is 2.93. The third-order valence-corrected chi connectivity index (χ3v) is 5.07. The first-order valence-corrected chi connectivity index (χ1v) is 8.15. The molecule has 1 fully saturated rings. The summed E-state index contributed by atoms with van der Waals surface area (Å²) in [6, 6.07) is 7.17. The van der Waals surface area contributed by atoms with Gasteiger partial charge in [0.15, 0.2) is 0 Å². The lowest BCUT2D eigenvalue weighted by atomic mass is 10.2. The van der Waals surface area contributed by atoms with Gasteiger partial charge in [0.25, 0.3) is 0 Å². The van der Waals surface area contributed by atoms with Gasteiger partial charge in [-0.15, -0.1) is 0 Å². The Hall–Kier alpha value is -0.910. The monoisotopic (exact) mass is 282 g/mol. The number of hydrogen-bond donors (Lipinski definition) is 2. The van der Waals surface area contributed by atoms with Crippen LogP contribution in [-0.4, -0.2) is 21.0 Å². The Balaban J connectivity index is 2.12. The maximum atomic E-state index is 12.3. The van der Waals surface area contributed by atoms with E-state index in [0.717, 1.165) is 18.5 Å². The molecule has 1 aliphatic rings. The number of nitrogens with one attached hydrogen (secondary N) is 2. The molecule has 0 saturated heterocycles. The van der Waals surface area contributed by atoms with Crippen LogP contribution in [0.15, 0.2) is 29.2 Å². The third-order valence-electron chi connectivity index (χ3n) is 3.60. The number of hydrogen-bond acceptors (Lipinski definition) is 3. The highest BCUT2D eigenvalue weighted by Gasteiger charge is 2.47. The molecule has 1 unspecified atom stereocenters. The Morgan fingerprint density at radius 2 is 2.05 bits per heavy atom. The molecular formula is C14H22N2O2S. The van der Waals surface area contributed by atoms with Crippen molar-refractivity contribution in [2.45, 2.75) is 44.7 Å². The fraction of sp³-hybridized carbons (Fsp3) is 0.571. The van der Waals surface area contributed by atoms with Crippen molar-refractivity contribution in [3.8, 4) is 0 Å². The molecule has 0 amide bonds. The van der Waals surface area contributed by atoms with Crippen LogP contribution >= 0.6 is 0 Å². The van der Waals surface area contributed by atoms with E-state index >= 15 is 0 Å². The summed E-state index contributed by atoms with van der Waals surface area (Å²) in [7, 11) is -3.39. The van der Waals surface area contributed by atoms with E-state index in [9.17, 15) is 8.42 Å². The van der Waals surface area contributed by atoms with Crippen molar-refractivity contribution >= 4 is 10.0 Å². The second-order valence-electron chi connectivity index (χ2n) is 5.79. The molecule has 1 atom stereocenters. The van der Waals surface area contributed by atoms with Crippen LogP contribution in [-0.2, 0) is 16.6 Å². The molecule has 0 bridgehead atoms. The summed E-state index contributed by atoms with van der Waals surface area (Å²) in [6.07, 6.45) is 0.906. The van der Waals surface area contributed by atoms with E-state index < -0.39 is 10.0 Å². The summed E-state index contributed by atoms with van der Waals surface area (Å²) in [6.45, 7) is 7.72. The van der Waals surface area contributed by atoms with Gasteiger partial charge in [-0.2, -0.15) is 0 Å². The Morgan fingerprint density at radius 1 is 1.37 bits per heavy atom. The first kappa shape index (κ1) is 14.5. The molecule has 2 rings (SSSR count). The van der Waals surface area contributed by atoms with Gasteiger partial charge in [-0.1, -0.05) is 32.9 Å². The zero-order valence-corrected chi connectivity index (χ0v) is 12.5. The first-order valence-electron chi connectivity index (χ1n) is 6.67. The van der Waals surface area contributed by atoms with E-state index in [1.54, 1.807) is 18.2 Å². The van der Waals surface area contributed by atoms with Crippen molar-refractivity contribution < 1.29 is 8.42 Å². The second-order valence-corrected chi connectivity index (χ2v) is 7.51. The van der Waals surface area contributed by atoms with Crippen molar-refractivity contribution in [1.29, 1.82) is 0 Å². The van der Waals surface area contributed by atoms with E-state index in [2.05, 4.69) is 23.9 Å². The minimum Gasteiger partial charge on any atom is -0.313 e. The zero-order valence-electron chi connectivity index (χ0n) is 11.7. The molecule has 1 aliphatic carbocycles. The molecule has 0 radical (unpaired) electrons. The molecule has 2 N–H and O–H groups in total. The lowest BCUT2D eigenvalue weighted by Crippen LogP contribution is -2.28. The van der Waals surface area contributed by atoms with Gasteiger partial charge in [-0.25, -0.2) is 13.1 Å². The summed E-state index contributed by atoms with van der Waals surface area (Å²) in [5, 5.41) is 3.19. The molecule has 106 valence electrons. The molecule has 1 aromatic rings. The molecule has 0 spiro atoms. The summed E-state index contributed by atoms with van der Waals surface area (Å²) in [5.41, 5.74) is 1.08. The Kier molecular flexibility index (Phi) is 3.99. The molecule has 4 nitrogen and oxygen atoms in total. The smallest absolute Gasteiger partial charge is 0.240 e. The van der Waals surface area contributed by atoms with Crippen LogP contribution in [0.25, 0.3) is 0 Å². The second kappa shape index (κ2) is 5.23. The van der Waals surface area contributed by atoms with Gasteiger partial charge < -0.3 is 5.32 Å². The summed E-state index contributed by atoms with van der Waals surface area (Å²) in [5.74, 6) is 0. The minimum absolute atomic E-state index is 0.0647. The first-order chi connectivity index (χ1) is 8.85. The van der Waals surface area contributed by atoms with Crippen LogP contribution in [0.3, 0.4) is 0 Å². The lowest BCUT2D eigenvalue weighted by molar-refractivity contribution is 0.555. The molecule has 0 aliphatic heterocycles. The highest BCUT2D eigenvalue weighted by Crippen LogP contribution is 2.45. The summed E-state index contributed by atoms with van der Waals surface area (Å²) >= 11 is 0. The molecule has 0 aromatic heterocycles. The van der Waals surface area contributed by atoms with Crippen molar-refractivity contribution in [3.05, 3.63) is 29.8 Å². The number of rotatable bonds is 6. The van der Waals surface area contributed by atoms with E-state index in [4.69, 9.17) is 0 Å². The van der Waals surface area contributed by atoms with E-state index in [1.165, 1.54) is 0 Å². The zero-order chi connectivity index (χ0) is 14.1. The molecule has 1 saturated carbocycles. The van der Waals surface area contributed by atoms with E-state index in [1.807, 2.05) is 13.0 Å². The van der Waals surface area contributed by atoms with Gasteiger partial charge in [0, 0.05) is 12.6 Å². The standard InChI is InChI=1S/C14H22N2O2S/c1-4-15-10-11-6-5-7-12(8-11)19(17,18)16-13-9-14(13,2)3/h5-8,13,15-16H,4,9-10H2,1-3H3. The van der Waals surface area contributed by atoms with Crippen LogP contribution in [0.5, 0.6) is 0 Å². The maximum absolute atomic E-state index is 12.3. The Morgan fingerprint density at radius 3 is 2.63 bits per heavy atom. The van der Waals surface area contributed by atoms with Crippen molar-refractivity contribution in [3.63, 3.8) is 0 Å². The summed E-state index contributed by atoms with van der Waals surface area (Å²) in [4.78, 5) is 0.352. The number of sulfonamides is 1. The van der Waals surface area contributed by atoms with Crippen LogP contribution < -0.4 is 10.0 Å². The molecule has 0 heterocycles. The van der Waals surface area contributed by atoms with Crippen molar-refractivity contribution in [2.24, 2.45) is 5.41 Å². The Bertz CT molecular complexity index is 552. The van der Waals surface area contributed by atoms with E-state index in [0.29, 0.717) is 11.4 Å². The topological polar surface area (TPSA) is 58.2 Å². The largest absolute Gasteiger partial charge is 0.313 e. The third kappa shape index (κ3) is 3.55. The average molecular weight is 282 g/mol. The van der Waals surface area contributed by atoms with Crippen LogP contribution in [0.1, 0.15) is 32.8 Å². The van der Waals surface area contributed by atoms with Gasteiger partial charge in [0.2, 0.25) is 10.0 Å². The van der Waals surface area contributed by atoms with Crippen molar-refractivity contribution in [2.75, 3.05) is 6.54 Å². The highest BCUT2D eigenvalue weighted by molar-refractivity contribution is 7.89. The summed E-state index contributed by atoms with van der Waals surface area (Å²) < 4.78 is 27.3. The maximum Gasteiger partial charge on any atom is 0.240 e. The fourth-order valence-electron chi connectivity index (χ4n) is 2.02. The predicted molar refractivity (Wildman–Crippen MR) is 76.3 cm³/mol. The lowest BCUT2D eigenvalue weighted by Gasteiger charge is -2.10. The van der Waals surface area contributed by atoms with Gasteiger partial charge in [0.05, 0.1) is 4.90 Å². The SMILES string of the molecule is CCNCc1cccc(S(=O)(=O)NC2CC2(C)C)c1. The fourth-order valence-corrected chi connectivity index (χ4v) is 3.49. The van der Waals surface area contributed by atoms with Gasteiger partial charge in [-0.05, 0) is 36.1 Å². The predicted octanol–water partition coefficient (Wildman–Crippen LogP) is 1.87. The van der Waals surface area contributed by atoms with Gasteiger partial charge in [-0.3, -0.25) is 0 Å². The van der Waals surface area contributed by atoms with Gasteiger partial charge in [0.1, 0.15) is 0 Å². The van der Waals surface area contributed by atoms with Crippen LogP contribution in [0.4, 0.5) is 0 Å². The normalized spacial score (nSPS) is 21.3. The highest BCUT2D eigenvalue weighted by atomic mass is 32.2. The van der Waals surface area contributed by atoms with Crippen LogP contribution in [0.2, 0.25) is 0 Å². The van der Waals surface area contributed by atoms with E-state index in [-0.39, 0.29) is 11.5 Å². The molecule has 1 aromatic carbocycles. The molecule has 5 heteroatoms. The van der Waals surface area contributed by atoms with Crippen molar-refractivity contribution in [1.82, 2.24) is 10.0 Å². The molecule has 19 heavy (non-hydrogen) atoms. The number of benzene rings is 1. The van der Waals surface area contributed by atoms with Crippen LogP contribution in [0, 0.1) is 5.41 Å². The Labute approximate surface area is 115 Å². The van der Waals surface area contributed by atoms with Gasteiger partial charge >= 0.3 is 0 Å². The molecular weight excluding hydrogens is 260 g/mol. The quantitative estimate of drug-likeness (QED) is 0.837. The minimum atomic E-state index is -3.39.